The van der Waals surface area contributed by atoms with Crippen LogP contribution in [0.3, 0.4) is 0 Å². The molecule has 3 nitrogen and oxygen atoms in total. The number of halogens is 1. The van der Waals surface area contributed by atoms with Gasteiger partial charge in [-0.2, -0.15) is 0 Å². The summed E-state index contributed by atoms with van der Waals surface area (Å²) in [6.07, 6.45) is 2.58. The van der Waals surface area contributed by atoms with Crippen molar-refractivity contribution in [1.82, 2.24) is 0 Å². The van der Waals surface area contributed by atoms with E-state index in [0.29, 0.717) is 13.2 Å². The van der Waals surface area contributed by atoms with Gasteiger partial charge in [-0.25, -0.2) is 0 Å². The number of nitrogens with two attached hydrogens (primary N) is 1. The summed E-state index contributed by atoms with van der Waals surface area (Å²) in [5.74, 6) is 0. The summed E-state index contributed by atoms with van der Waals surface area (Å²) in [7, 11) is 0. The lowest BCUT2D eigenvalue weighted by molar-refractivity contribution is 0.150. The molecule has 0 aromatic heterocycles. The van der Waals surface area contributed by atoms with E-state index in [-0.39, 0.29) is 0 Å². The van der Waals surface area contributed by atoms with Gasteiger partial charge in [0.1, 0.15) is 0 Å². The van der Waals surface area contributed by atoms with Crippen LogP contribution >= 0.6 is 15.9 Å². The molecule has 0 aliphatic carbocycles. The lowest BCUT2D eigenvalue weighted by Crippen LogP contribution is -2.17. The Morgan fingerprint density at radius 1 is 1.31 bits per heavy atom. The van der Waals surface area contributed by atoms with Gasteiger partial charge in [-0.1, -0.05) is 15.9 Å². The molecule has 1 aromatic rings. The van der Waals surface area contributed by atoms with E-state index in [1.165, 1.54) is 0 Å². The van der Waals surface area contributed by atoms with Gasteiger partial charge in [0, 0.05) is 28.4 Å². The van der Waals surface area contributed by atoms with Gasteiger partial charge < -0.3 is 10.5 Å². The summed E-state index contributed by atoms with van der Waals surface area (Å²) >= 11 is 3.38. The Bertz CT molecular complexity index is 423. The largest absolute Gasteiger partial charge is 0.402 e. The normalized spacial score (nSPS) is 17.1. The molecule has 0 amide bonds. The highest BCUT2D eigenvalue weighted by atomic mass is 79.9. The van der Waals surface area contributed by atoms with Gasteiger partial charge in [0.15, 0.2) is 0 Å². The average molecular weight is 281 g/mol. The van der Waals surface area contributed by atoms with Crippen LogP contribution in [0.5, 0.6) is 0 Å². The van der Waals surface area contributed by atoms with Crippen molar-refractivity contribution in [3.63, 3.8) is 0 Å². The standard InChI is InChI=1S/C12H13BrN2O/c13-10-1-3-11(4-2-10)15-7-9-8-16-6-5-12(9)14/h1-4,7H,5-6,8,14H2. The first-order valence-corrected chi connectivity index (χ1v) is 5.90. The van der Waals surface area contributed by atoms with Crippen LogP contribution in [0.1, 0.15) is 6.42 Å². The van der Waals surface area contributed by atoms with E-state index >= 15 is 0 Å². The zero-order valence-corrected chi connectivity index (χ0v) is 10.4. The highest BCUT2D eigenvalue weighted by Gasteiger charge is 2.07. The van der Waals surface area contributed by atoms with E-state index in [1.54, 1.807) is 6.21 Å². The molecule has 0 atom stereocenters. The van der Waals surface area contributed by atoms with E-state index in [1.807, 2.05) is 24.3 Å². The SMILES string of the molecule is NC1=C(C=Nc2ccc(Br)cc2)COCC1. The topological polar surface area (TPSA) is 47.6 Å². The highest BCUT2D eigenvalue weighted by Crippen LogP contribution is 2.17. The minimum absolute atomic E-state index is 0.561. The predicted molar refractivity (Wildman–Crippen MR) is 68.9 cm³/mol. The van der Waals surface area contributed by atoms with Crippen LogP contribution in [-0.2, 0) is 4.74 Å². The van der Waals surface area contributed by atoms with E-state index < -0.39 is 0 Å². The van der Waals surface area contributed by atoms with Crippen molar-refractivity contribution in [3.8, 4) is 0 Å². The zero-order valence-electron chi connectivity index (χ0n) is 8.82. The summed E-state index contributed by atoms with van der Waals surface area (Å²) in [6, 6.07) is 7.81. The van der Waals surface area contributed by atoms with Gasteiger partial charge in [-0.15, -0.1) is 0 Å². The maximum absolute atomic E-state index is 5.87. The molecule has 0 saturated carbocycles. The molecule has 1 aromatic carbocycles. The van der Waals surface area contributed by atoms with E-state index in [4.69, 9.17) is 10.5 Å². The molecule has 1 heterocycles. The van der Waals surface area contributed by atoms with Crippen molar-refractivity contribution in [2.75, 3.05) is 13.2 Å². The van der Waals surface area contributed by atoms with Crippen molar-refractivity contribution in [2.45, 2.75) is 6.42 Å². The fraction of sp³-hybridized carbons (Fsp3) is 0.250. The summed E-state index contributed by atoms with van der Waals surface area (Å²) in [5.41, 5.74) is 8.64. The molecule has 4 heteroatoms. The molecule has 0 fully saturated rings. The fourth-order valence-corrected chi connectivity index (χ4v) is 1.68. The number of hydrogen-bond donors (Lipinski definition) is 1. The first-order chi connectivity index (χ1) is 7.75. The second-order valence-corrected chi connectivity index (χ2v) is 4.50. The number of nitrogens with zero attached hydrogens (tertiary/aromatic N) is 1. The predicted octanol–water partition coefficient (Wildman–Crippen LogP) is 2.78. The molecule has 16 heavy (non-hydrogen) atoms. The van der Waals surface area contributed by atoms with Crippen molar-refractivity contribution >= 4 is 27.8 Å². The maximum Gasteiger partial charge on any atom is 0.0748 e. The Labute approximate surface area is 103 Å². The van der Waals surface area contributed by atoms with Crippen molar-refractivity contribution in [1.29, 1.82) is 0 Å². The van der Waals surface area contributed by atoms with Crippen LogP contribution < -0.4 is 5.73 Å². The van der Waals surface area contributed by atoms with E-state index in [0.717, 1.165) is 27.9 Å². The van der Waals surface area contributed by atoms with Gasteiger partial charge in [-0.3, -0.25) is 4.99 Å². The maximum atomic E-state index is 5.87. The molecule has 84 valence electrons. The Kier molecular flexibility index (Phi) is 3.74. The molecular formula is C12H13BrN2O. The molecule has 0 radical (unpaired) electrons. The third kappa shape index (κ3) is 2.93. The van der Waals surface area contributed by atoms with E-state index in [2.05, 4.69) is 20.9 Å². The van der Waals surface area contributed by atoms with Crippen molar-refractivity contribution in [3.05, 3.63) is 40.0 Å². The number of rotatable bonds is 2. The molecular weight excluding hydrogens is 268 g/mol. The minimum atomic E-state index is 0.561. The smallest absolute Gasteiger partial charge is 0.0748 e. The molecule has 0 saturated heterocycles. The Morgan fingerprint density at radius 3 is 2.75 bits per heavy atom. The lowest BCUT2D eigenvalue weighted by atomic mass is 10.1. The van der Waals surface area contributed by atoms with Gasteiger partial charge in [0.05, 0.1) is 18.9 Å². The molecule has 1 aliphatic rings. The van der Waals surface area contributed by atoms with Gasteiger partial charge in [-0.05, 0) is 24.3 Å². The average Bonchev–Trinajstić information content (AvgIpc) is 2.30. The van der Waals surface area contributed by atoms with Crippen molar-refractivity contribution < 1.29 is 4.74 Å². The highest BCUT2D eigenvalue weighted by molar-refractivity contribution is 9.10. The summed E-state index contributed by atoms with van der Waals surface area (Å²) in [4.78, 5) is 4.36. The zero-order chi connectivity index (χ0) is 11.4. The second kappa shape index (κ2) is 5.27. The monoisotopic (exact) mass is 280 g/mol. The Morgan fingerprint density at radius 2 is 2.06 bits per heavy atom. The summed E-state index contributed by atoms with van der Waals surface area (Å²) in [5, 5.41) is 0. The number of aliphatic imine (C=N–C) groups is 1. The second-order valence-electron chi connectivity index (χ2n) is 3.59. The van der Waals surface area contributed by atoms with Crippen LogP contribution in [-0.4, -0.2) is 19.4 Å². The summed E-state index contributed by atoms with van der Waals surface area (Å²) < 4.78 is 6.37. The first kappa shape index (κ1) is 11.4. The van der Waals surface area contributed by atoms with Crippen LogP contribution in [0.15, 0.2) is 45.0 Å². The number of hydrogen-bond acceptors (Lipinski definition) is 3. The van der Waals surface area contributed by atoms with Gasteiger partial charge in [0.25, 0.3) is 0 Å². The molecule has 0 spiro atoms. The van der Waals surface area contributed by atoms with Crippen LogP contribution in [0.25, 0.3) is 0 Å². The van der Waals surface area contributed by atoms with Gasteiger partial charge >= 0.3 is 0 Å². The number of benzene rings is 1. The Hall–Kier alpha value is -1.13. The molecule has 0 unspecified atom stereocenters. The molecule has 1 aliphatic heterocycles. The quantitative estimate of drug-likeness (QED) is 0.847. The Balaban J connectivity index is 2.11. The third-order valence-electron chi connectivity index (χ3n) is 2.38. The van der Waals surface area contributed by atoms with Crippen molar-refractivity contribution in [2.24, 2.45) is 10.7 Å². The first-order valence-electron chi connectivity index (χ1n) is 5.10. The van der Waals surface area contributed by atoms with E-state index in [9.17, 15) is 0 Å². The fourth-order valence-electron chi connectivity index (χ4n) is 1.42. The molecule has 0 bridgehead atoms. The molecule has 2 rings (SSSR count). The lowest BCUT2D eigenvalue weighted by Gasteiger charge is -2.14. The molecule has 2 N–H and O–H groups in total. The summed E-state index contributed by atoms with van der Waals surface area (Å²) in [6.45, 7) is 1.27. The van der Waals surface area contributed by atoms with Crippen LogP contribution in [0, 0.1) is 0 Å². The van der Waals surface area contributed by atoms with Crippen LogP contribution in [0.2, 0.25) is 0 Å². The van der Waals surface area contributed by atoms with Gasteiger partial charge in [0.2, 0.25) is 0 Å². The third-order valence-corrected chi connectivity index (χ3v) is 2.91. The minimum Gasteiger partial charge on any atom is -0.402 e. The van der Waals surface area contributed by atoms with Crippen LogP contribution in [0.4, 0.5) is 5.69 Å². The number of ether oxygens (including phenoxy) is 1.